The average Bonchev–Trinajstić information content (AvgIpc) is 3.61. The first-order valence-electron chi connectivity index (χ1n) is 16.0. The van der Waals surface area contributed by atoms with Gasteiger partial charge in [0, 0.05) is 30.4 Å². The number of hydrogen-bond donors (Lipinski definition) is 0. The molecule has 2 amide bonds. The molecule has 4 nitrogen and oxygen atoms in total. The van der Waals surface area contributed by atoms with Crippen LogP contribution in [0, 0.1) is 11.8 Å². The van der Waals surface area contributed by atoms with Gasteiger partial charge in [0.25, 0.3) is 0 Å². The summed E-state index contributed by atoms with van der Waals surface area (Å²) in [6.07, 6.45) is 29.8. The third kappa shape index (κ3) is 13.9. The number of carbonyl (C=O) groups is 2. The van der Waals surface area contributed by atoms with Gasteiger partial charge in [-0.1, -0.05) is 141 Å². The quantitative estimate of drug-likeness (QED) is 0.0367. The second-order valence-electron chi connectivity index (χ2n) is 11.5. The summed E-state index contributed by atoms with van der Waals surface area (Å²) < 4.78 is 5.66. The van der Waals surface area contributed by atoms with Crippen LogP contribution in [0.4, 0.5) is 0 Å². The van der Waals surface area contributed by atoms with E-state index in [1.807, 2.05) is 12.2 Å². The Labute approximate surface area is 268 Å². The van der Waals surface area contributed by atoms with E-state index in [-0.39, 0.29) is 59.7 Å². The molecule has 3 aliphatic heterocycles. The van der Waals surface area contributed by atoms with Crippen molar-refractivity contribution in [3.63, 3.8) is 0 Å². The van der Waals surface area contributed by atoms with E-state index in [0.717, 1.165) is 24.3 Å². The zero-order valence-electron chi connectivity index (χ0n) is 24.5. The monoisotopic (exact) mass is 764 g/mol. The molecule has 3 heterocycles. The van der Waals surface area contributed by atoms with Crippen LogP contribution in [0.1, 0.15) is 137 Å². The van der Waals surface area contributed by atoms with Crippen LogP contribution in [0.3, 0.4) is 0 Å². The molecular weight excluding hydrogens is 707 g/mol. The third-order valence-corrected chi connectivity index (χ3v) is 8.85. The van der Waals surface area contributed by atoms with Gasteiger partial charge in [-0.15, -0.1) is 0 Å². The number of amides is 2. The van der Waals surface area contributed by atoms with Crippen LogP contribution in [0.2, 0.25) is 0 Å². The summed E-state index contributed by atoms with van der Waals surface area (Å²) in [5.41, 5.74) is 0. The summed E-state index contributed by atoms with van der Waals surface area (Å²) >= 11 is 9.85. The van der Waals surface area contributed by atoms with Gasteiger partial charge < -0.3 is 30.0 Å². The second-order valence-corrected chi connectivity index (χ2v) is 12.3. The molecule has 4 atom stereocenters. The van der Waals surface area contributed by atoms with Crippen LogP contribution in [0.25, 0.3) is 0 Å². The minimum Gasteiger partial charge on any atom is -0.793 e. The van der Waals surface area contributed by atoms with Gasteiger partial charge in [-0.3, -0.25) is 14.5 Å². The van der Waals surface area contributed by atoms with Crippen molar-refractivity contribution in [1.29, 1.82) is 0 Å². The summed E-state index contributed by atoms with van der Waals surface area (Å²) in [5, 5.41) is 0. The maximum atomic E-state index is 12.5. The first-order valence-corrected chi connectivity index (χ1v) is 17.2. The van der Waals surface area contributed by atoms with Gasteiger partial charge in [0.05, 0.1) is 24.0 Å². The molecular formula is C32H57AuNO3S2-2. The van der Waals surface area contributed by atoms with E-state index < -0.39 is 0 Å². The molecule has 3 rings (SSSR count). The molecule has 2 bridgehead atoms. The Morgan fingerprint density at radius 3 is 1.31 bits per heavy atom. The van der Waals surface area contributed by atoms with E-state index in [1.165, 1.54) is 120 Å². The van der Waals surface area contributed by atoms with Gasteiger partial charge in [-0.25, -0.2) is 0 Å². The molecule has 0 N–H and O–H groups in total. The fourth-order valence-corrected chi connectivity index (χ4v) is 6.37. The van der Waals surface area contributed by atoms with Crippen molar-refractivity contribution in [2.75, 3.05) is 18.1 Å². The molecule has 0 aliphatic carbocycles. The molecule has 0 aromatic rings. The zero-order chi connectivity index (χ0) is 27.4. The largest absolute Gasteiger partial charge is 0.793 e. The Morgan fingerprint density at radius 2 is 0.949 bits per heavy atom. The first-order chi connectivity index (χ1) is 18.7. The average molecular weight is 765 g/mol. The molecule has 0 saturated carbocycles. The van der Waals surface area contributed by atoms with Crippen LogP contribution in [-0.4, -0.2) is 47.0 Å². The molecule has 2 saturated heterocycles. The number of fused-ring (bicyclic) bond motifs is 5. The van der Waals surface area contributed by atoms with E-state index in [9.17, 15) is 9.59 Å². The maximum Gasteiger partial charge on any atom is 0.236 e. The molecule has 233 valence electrons. The topological polar surface area (TPSA) is 46.6 Å². The molecule has 0 aromatic heterocycles. The number of carbonyl (C=O) groups excluding carboxylic acids is 2. The smallest absolute Gasteiger partial charge is 0.236 e. The van der Waals surface area contributed by atoms with Gasteiger partial charge in [0.2, 0.25) is 11.8 Å². The number of imide groups is 1. The maximum absolute atomic E-state index is 12.5. The summed E-state index contributed by atoms with van der Waals surface area (Å²) in [6.45, 7) is 2.86. The van der Waals surface area contributed by atoms with Crippen LogP contribution < -0.4 is 0 Å². The van der Waals surface area contributed by atoms with E-state index in [4.69, 9.17) is 30.0 Å². The summed E-state index contributed by atoms with van der Waals surface area (Å²) in [7, 11) is 0. The zero-order valence-corrected chi connectivity index (χ0v) is 28.3. The molecule has 4 unspecified atom stereocenters. The van der Waals surface area contributed by atoms with Crippen molar-refractivity contribution in [2.24, 2.45) is 11.8 Å². The summed E-state index contributed by atoms with van der Waals surface area (Å²) in [5.74, 6) is 1.34. The van der Waals surface area contributed by atoms with Gasteiger partial charge in [0.15, 0.2) is 0 Å². The fourth-order valence-electron chi connectivity index (χ4n) is 5.96. The van der Waals surface area contributed by atoms with Gasteiger partial charge in [-0.05, 0) is 6.42 Å². The minimum atomic E-state index is -0.247. The van der Waals surface area contributed by atoms with Crippen molar-refractivity contribution in [2.45, 2.75) is 148 Å². The van der Waals surface area contributed by atoms with Crippen molar-refractivity contribution in [3.05, 3.63) is 12.2 Å². The molecule has 7 heteroatoms. The Balaban J connectivity index is 0.000000875. The number of nitrogens with zero attached hydrogens (tertiary/aromatic N) is 1. The Hall–Kier alpha value is 0.280. The normalized spacial score (nSPS) is 22.7. The number of rotatable bonds is 22. The molecule has 1 radical (unpaired) electrons. The predicted molar refractivity (Wildman–Crippen MR) is 166 cm³/mol. The standard InChI is InChI=1S/C20H31NO3S.C12H26S.Au.H2/c22-19-17-15-11-12-16(24-15)18(17)20(23)21(19)13-9-7-5-3-1-2-4-6-8-10-14-25;1-2-3-4-5-6-7-8-9-10-11-12-13;;/h11-12,15-18,25H,1-10,13-14H2;13H,2-12H2,1H3;;1H/p-2. The van der Waals surface area contributed by atoms with Crippen LogP contribution in [0.5, 0.6) is 0 Å². The Morgan fingerprint density at radius 1 is 0.615 bits per heavy atom. The predicted octanol–water partition coefficient (Wildman–Crippen LogP) is 8.07. The number of likely N-dealkylation sites (tertiary alicyclic amines) is 1. The van der Waals surface area contributed by atoms with E-state index in [1.54, 1.807) is 0 Å². The fraction of sp³-hybridized carbons (Fsp3) is 0.875. The molecule has 0 spiro atoms. The van der Waals surface area contributed by atoms with Crippen LogP contribution in [0.15, 0.2) is 12.2 Å². The van der Waals surface area contributed by atoms with Crippen molar-refractivity contribution in [3.8, 4) is 0 Å². The van der Waals surface area contributed by atoms with E-state index >= 15 is 0 Å². The molecule has 2 fully saturated rings. The van der Waals surface area contributed by atoms with E-state index in [2.05, 4.69) is 6.92 Å². The van der Waals surface area contributed by atoms with Gasteiger partial charge >= 0.3 is 0 Å². The number of hydrogen-bond acceptors (Lipinski definition) is 5. The third-order valence-electron chi connectivity index (χ3n) is 8.28. The molecule has 3 aliphatic rings. The van der Waals surface area contributed by atoms with Crippen molar-refractivity contribution in [1.82, 2.24) is 4.90 Å². The van der Waals surface area contributed by atoms with E-state index in [0.29, 0.717) is 6.54 Å². The van der Waals surface area contributed by atoms with Crippen LogP contribution >= 0.6 is 0 Å². The summed E-state index contributed by atoms with van der Waals surface area (Å²) in [4.78, 5) is 26.5. The SMILES string of the molecule is CCCCCCCCCCCC[S-].O=C1C2C3C=CC(O3)C2C(=O)N1CCCCCCCCCCCC[S-].[Au].[HH]. The molecule has 0 aromatic carbocycles. The first kappa shape index (κ1) is 37.3. The van der Waals surface area contributed by atoms with Crippen molar-refractivity contribution < 1.29 is 38.1 Å². The Kier molecular flexibility index (Phi) is 22.8. The number of ether oxygens (including phenoxy) is 1. The molecule has 39 heavy (non-hydrogen) atoms. The number of unbranched alkanes of at least 4 members (excludes halogenated alkanes) is 18. The van der Waals surface area contributed by atoms with Gasteiger partial charge in [0.1, 0.15) is 0 Å². The second kappa shape index (κ2) is 23.8. The van der Waals surface area contributed by atoms with Crippen molar-refractivity contribution >= 4 is 37.1 Å². The van der Waals surface area contributed by atoms with Gasteiger partial charge in [-0.2, -0.15) is 11.5 Å². The Bertz CT molecular complexity index is 645. The minimum absolute atomic E-state index is 0. The summed E-state index contributed by atoms with van der Waals surface area (Å²) in [6, 6.07) is 0. The van der Waals surface area contributed by atoms with Crippen LogP contribution in [-0.2, 0) is 62.0 Å².